The van der Waals surface area contributed by atoms with Crippen LogP contribution in [-0.4, -0.2) is 42.9 Å². The van der Waals surface area contributed by atoms with Crippen molar-refractivity contribution in [3.05, 3.63) is 59.5 Å². The summed E-state index contributed by atoms with van der Waals surface area (Å²) >= 11 is 0. The Morgan fingerprint density at radius 1 is 1.27 bits per heavy atom. The molecule has 0 bridgehead atoms. The fourth-order valence-electron chi connectivity index (χ4n) is 3.79. The normalized spacial score (nSPS) is 17.6. The van der Waals surface area contributed by atoms with Crippen LogP contribution in [0.4, 0.5) is 0 Å². The van der Waals surface area contributed by atoms with E-state index >= 15 is 0 Å². The molecule has 7 heteroatoms. The number of amides is 1. The van der Waals surface area contributed by atoms with Gasteiger partial charge in [0.05, 0.1) is 18.7 Å². The lowest BCUT2D eigenvalue weighted by molar-refractivity contribution is -0.123. The number of primary amides is 1. The fraction of sp³-hybridized carbons (Fsp3) is 0.478. The highest BCUT2D eigenvalue weighted by atomic mass is 16.3. The Morgan fingerprint density at radius 2 is 2.13 bits per heavy atom. The summed E-state index contributed by atoms with van der Waals surface area (Å²) in [5.41, 5.74) is 7.91. The molecular weight excluding hydrogens is 378 g/mol. The van der Waals surface area contributed by atoms with E-state index < -0.39 is 0 Å². The zero-order chi connectivity index (χ0) is 21.2. The second kappa shape index (κ2) is 11.4. The standard InChI is InChI=1S/C23H33N5O2/c1-2-25-23(26-11-10-21-9-5-13-30-21)27-15-18-6-3-7-19(14-18)16-28-12-4-8-20(17-28)22(24)29/h3,5-7,9,13-14,20H,2,4,8,10-12,15-17H2,1H3,(H2,24,29)(H2,25,26,27). The number of guanidine groups is 1. The third-order valence-electron chi connectivity index (χ3n) is 5.31. The summed E-state index contributed by atoms with van der Waals surface area (Å²) in [5, 5.41) is 6.64. The summed E-state index contributed by atoms with van der Waals surface area (Å²) < 4.78 is 5.37. The molecule has 30 heavy (non-hydrogen) atoms. The van der Waals surface area contributed by atoms with Gasteiger partial charge in [0.2, 0.25) is 5.91 Å². The number of nitrogens with zero attached hydrogens (tertiary/aromatic N) is 2. The number of hydrogen-bond donors (Lipinski definition) is 3. The largest absolute Gasteiger partial charge is 0.469 e. The van der Waals surface area contributed by atoms with Crippen LogP contribution < -0.4 is 16.4 Å². The Kier molecular flexibility index (Phi) is 8.32. The summed E-state index contributed by atoms with van der Waals surface area (Å²) in [6.07, 6.45) is 4.43. The van der Waals surface area contributed by atoms with Crippen LogP contribution in [0.25, 0.3) is 0 Å². The van der Waals surface area contributed by atoms with Crippen LogP contribution in [0.15, 0.2) is 52.1 Å². The maximum absolute atomic E-state index is 11.5. The number of benzene rings is 1. The van der Waals surface area contributed by atoms with Gasteiger partial charge in [-0.2, -0.15) is 0 Å². The minimum absolute atomic E-state index is 0.0264. The Balaban J connectivity index is 1.53. The second-order valence-electron chi connectivity index (χ2n) is 7.75. The number of carbonyl (C=O) groups is 1. The number of carbonyl (C=O) groups excluding carboxylic acids is 1. The lowest BCUT2D eigenvalue weighted by atomic mass is 9.97. The Morgan fingerprint density at radius 3 is 2.90 bits per heavy atom. The molecule has 0 saturated carbocycles. The van der Waals surface area contributed by atoms with Gasteiger partial charge in [-0.1, -0.05) is 24.3 Å². The molecule has 1 aliphatic heterocycles. The maximum Gasteiger partial charge on any atom is 0.221 e. The van der Waals surface area contributed by atoms with Crippen LogP contribution >= 0.6 is 0 Å². The first-order chi connectivity index (χ1) is 14.6. The molecular formula is C23H33N5O2. The molecule has 2 aromatic rings. The zero-order valence-electron chi connectivity index (χ0n) is 17.8. The quantitative estimate of drug-likeness (QED) is 0.435. The van der Waals surface area contributed by atoms with Crippen molar-refractivity contribution in [2.24, 2.45) is 16.6 Å². The van der Waals surface area contributed by atoms with Gasteiger partial charge in [0, 0.05) is 32.6 Å². The third kappa shape index (κ3) is 6.91. The van der Waals surface area contributed by atoms with Gasteiger partial charge in [-0.3, -0.25) is 9.69 Å². The second-order valence-corrected chi connectivity index (χ2v) is 7.75. The molecule has 0 spiro atoms. The number of furan rings is 1. The highest BCUT2D eigenvalue weighted by Gasteiger charge is 2.23. The first-order valence-electron chi connectivity index (χ1n) is 10.8. The molecule has 1 aromatic heterocycles. The topological polar surface area (TPSA) is 95.9 Å². The molecule has 0 radical (unpaired) electrons. The predicted octanol–water partition coefficient (Wildman–Crippen LogP) is 2.27. The van der Waals surface area contributed by atoms with Crippen molar-refractivity contribution in [3.63, 3.8) is 0 Å². The summed E-state index contributed by atoms with van der Waals surface area (Å²) in [7, 11) is 0. The number of rotatable bonds is 9. The van der Waals surface area contributed by atoms with E-state index in [4.69, 9.17) is 15.1 Å². The fourth-order valence-corrected chi connectivity index (χ4v) is 3.79. The molecule has 7 nitrogen and oxygen atoms in total. The summed E-state index contributed by atoms with van der Waals surface area (Å²) in [4.78, 5) is 18.6. The van der Waals surface area contributed by atoms with Crippen molar-refractivity contribution in [3.8, 4) is 0 Å². The smallest absolute Gasteiger partial charge is 0.221 e. The zero-order valence-corrected chi connectivity index (χ0v) is 17.8. The summed E-state index contributed by atoms with van der Waals surface area (Å²) in [5.74, 6) is 1.55. The minimum atomic E-state index is -0.182. The molecule has 1 amide bonds. The molecule has 1 unspecified atom stereocenters. The van der Waals surface area contributed by atoms with Crippen molar-refractivity contribution in [1.29, 1.82) is 0 Å². The Hall–Kier alpha value is -2.80. The van der Waals surface area contributed by atoms with E-state index in [2.05, 4.69) is 46.7 Å². The number of likely N-dealkylation sites (tertiary alicyclic amines) is 1. The first-order valence-corrected chi connectivity index (χ1v) is 10.8. The monoisotopic (exact) mass is 411 g/mol. The van der Waals surface area contributed by atoms with Crippen LogP contribution in [0.2, 0.25) is 0 Å². The first kappa shape index (κ1) is 21.9. The lowest BCUT2D eigenvalue weighted by Gasteiger charge is -2.31. The highest BCUT2D eigenvalue weighted by molar-refractivity contribution is 5.79. The number of hydrogen-bond acceptors (Lipinski definition) is 4. The lowest BCUT2D eigenvalue weighted by Crippen LogP contribution is -2.40. The predicted molar refractivity (Wildman–Crippen MR) is 119 cm³/mol. The van der Waals surface area contributed by atoms with E-state index in [0.717, 1.165) is 63.7 Å². The van der Waals surface area contributed by atoms with Crippen LogP contribution in [0.3, 0.4) is 0 Å². The number of piperidine rings is 1. The third-order valence-corrected chi connectivity index (χ3v) is 5.31. The number of nitrogens with two attached hydrogens (primary N) is 1. The van der Waals surface area contributed by atoms with Crippen molar-refractivity contribution in [1.82, 2.24) is 15.5 Å². The van der Waals surface area contributed by atoms with Crippen LogP contribution in [0, 0.1) is 5.92 Å². The van der Waals surface area contributed by atoms with Gasteiger partial charge in [-0.15, -0.1) is 0 Å². The van der Waals surface area contributed by atoms with Crippen LogP contribution in [0.5, 0.6) is 0 Å². The number of nitrogens with one attached hydrogen (secondary N) is 2. The van der Waals surface area contributed by atoms with Crippen molar-refractivity contribution in [2.75, 3.05) is 26.2 Å². The van der Waals surface area contributed by atoms with E-state index in [1.165, 1.54) is 11.1 Å². The minimum Gasteiger partial charge on any atom is -0.469 e. The maximum atomic E-state index is 11.5. The summed E-state index contributed by atoms with van der Waals surface area (Å²) in [6, 6.07) is 12.4. The average molecular weight is 412 g/mol. The molecule has 1 aromatic carbocycles. The molecule has 2 heterocycles. The molecule has 0 aliphatic carbocycles. The number of aliphatic imine (C=N–C) groups is 1. The Labute approximate surface area is 178 Å². The van der Waals surface area contributed by atoms with Gasteiger partial charge in [-0.25, -0.2) is 4.99 Å². The van der Waals surface area contributed by atoms with E-state index in [-0.39, 0.29) is 11.8 Å². The SMILES string of the molecule is CCNC(=NCc1cccc(CN2CCCC(C(N)=O)C2)c1)NCCc1ccco1. The van der Waals surface area contributed by atoms with E-state index in [1.54, 1.807) is 6.26 Å². The highest BCUT2D eigenvalue weighted by Crippen LogP contribution is 2.19. The van der Waals surface area contributed by atoms with E-state index in [1.807, 2.05) is 12.1 Å². The van der Waals surface area contributed by atoms with Crippen molar-refractivity contribution >= 4 is 11.9 Å². The Bertz CT molecular complexity index is 819. The molecule has 3 rings (SSSR count). The van der Waals surface area contributed by atoms with Gasteiger partial charge in [0.15, 0.2) is 5.96 Å². The molecule has 1 saturated heterocycles. The van der Waals surface area contributed by atoms with Gasteiger partial charge in [0.1, 0.15) is 5.76 Å². The summed E-state index contributed by atoms with van der Waals surface area (Å²) in [6.45, 7) is 6.83. The van der Waals surface area contributed by atoms with Gasteiger partial charge in [0.25, 0.3) is 0 Å². The molecule has 1 atom stereocenters. The molecule has 162 valence electrons. The van der Waals surface area contributed by atoms with Crippen molar-refractivity contribution in [2.45, 2.75) is 39.3 Å². The van der Waals surface area contributed by atoms with Gasteiger partial charge >= 0.3 is 0 Å². The van der Waals surface area contributed by atoms with E-state index in [0.29, 0.717) is 6.54 Å². The van der Waals surface area contributed by atoms with Gasteiger partial charge in [-0.05, 0) is 49.6 Å². The molecule has 1 fully saturated rings. The molecule has 1 aliphatic rings. The molecule has 4 N–H and O–H groups in total. The average Bonchev–Trinajstić information content (AvgIpc) is 3.26. The van der Waals surface area contributed by atoms with Crippen LogP contribution in [0.1, 0.15) is 36.7 Å². The van der Waals surface area contributed by atoms with Crippen molar-refractivity contribution < 1.29 is 9.21 Å². The van der Waals surface area contributed by atoms with Crippen LogP contribution in [-0.2, 0) is 24.3 Å². The van der Waals surface area contributed by atoms with Gasteiger partial charge < -0.3 is 20.8 Å². The van der Waals surface area contributed by atoms with E-state index in [9.17, 15) is 4.79 Å².